The third kappa shape index (κ3) is 3.95. The van der Waals surface area contributed by atoms with Crippen molar-refractivity contribution in [3.63, 3.8) is 0 Å². The van der Waals surface area contributed by atoms with Gasteiger partial charge in [0, 0.05) is 18.3 Å². The fourth-order valence-corrected chi connectivity index (χ4v) is 4.05. The molecule has 1 fully saturated rings. The standard InChI is InChI=1S/C22H22F2N4O3/c1-2-17(22(30)31)26-21(29)19-11-25-20-8-6-14(12-28(19)20)27-9-3-4-18(27)15-10-13(23)5-7-16(15)24/h5-8,10-12,17-18H,2-4,9H2,1H3,(H,26,29)(H,30,31)/t17-,18?/m1/s1. The number of benzene rings is 1. The molecule has 1 aliphatic rings. The lowest BCUT2D eigenvalue weighted by molar-refractivity contribution is -0.139. The maximum absolute atomic E-state index is 14.4. The molecule has 2 atom stereocenters. The molecule has 162 valence electrons. The number of rotatable bonds is 6. The van der Waals surface area contributed by atoms with Crippen LogP contribution in [-0.4, -0.2) is 39.0 Å². The fraction of sp³-hybridized carbons (Fsp3) is 0.318. The molecule has 2 N–H and O–H groups in total. The van der Waals surface area contributed by atoms with Crippen LogP contribution in [0.1, 0.15) is 48.3 Å². The van der Waals surface area contributed by atoms with Gasteiger partial charge in [-0.2, -0.15) is 0 Å². The molecule has 1 saturated heterocycles. The lowest BCUT2D eigenvalue weighted by atomic mass is 10.0. The van der Waals surface area contributed by atoms with E-state index in [4.69, 9.17) is 0 Å². The van der Waals surface area contributed by atoms with Gasteiger partial charge in [0.2, 0.25) is 0 Å². The average Bonchev–Trinajstić information content (AvgIpc) is 3.40. The molecule has 0 aliphatic carbocycles. The normalized spacial score (nSPS) is 17.1. The van der Waals surface area contributed by atoms with Crippen LogP contribution in [0.25, 0.3) is 5.65 Å². The lowest BCUT2D eigenvalue weighted by Gasteiger charge is -2.27. The van der Waals surface area contributed by atoms with Gasteiger partial charge in [-0.25, -0.2) is 18.6 Å². The molecular weight excluding hydrogens is 406 g/mol. The number of pyridine rings is 1. The van der Waals surface area contributed by atoms with E-state index in [2.05, 4.69) is 10.3 Å². The van der Waals surface area contributed by atoms with Gasteiger partial charge in [0.05, 0.1) is 17.9 Å². The Labute approximate surface area is 177 Å². The first kappa shape index (κ1) is 20.8. The molecule has 3 aromatic rings. The second-order valence-corrected chi connectivity index (χ2v) is 7.55. The van der Waals surface area contributed by atoms with Gasteiger partial charge in [-0.15, -0.1) is 0 Å². The van der Waals surface area contributed by atoms with Crippen molar-refractivity contribution in [3.05, 3.63) is 65.6 Å². The van der Waals surface area contributed by atoms with E-state index >= 15 is 0 Å². The van der Waals surface area contributed by atoms with E-state index in [1.54, 1.807) is 23.6 Å². The molecule has 0 spiro atoms. The van der Waals surface area contributed by atoms with Crippen molar-refractivity contribution in [2.24, 2.45) is 0 Å². The molecule has 9 heteroatoms. The molecule has 31 heavy (non-hydrogen) atoms. The van der Waals surface area contributed by atoms with E-state index in [-0.39, 0.29) is 18.2 Å². The Balaban J connectivity index is 1.67. The highest BCUT2D eigenvalue weighted by molar-refractivity contribution is 5.95. The zero-order valence-electron chi connectivity index (χ0n) is 16.9. The van der Waals surface area contributed by atoms with E-state index < -0.39 is 29.6 Å². The number of carbonyl (C=O) groups excluding carboxylic acids is 1. The largest absolute Gasteiger partial charge is 0.480 e. The van der Waals surface area contributed by atoms with Crippen LogP contribution in [0.4, 0.5) is 14.5 Å². The number of nitrogens with one attached hydrogen (secondary N) is 1. The quantitative estimate of drug-likeness (QED) is 0.627. The lowest BCUT2D eigenvalue weighted by Crippen LogP contribution is -2.40. The Morgan fingerprint density at radius 2 is 2.10 bits per heavy atom. The Kier molecular flexibility index (Phi) is 5.58. The van der Waals surface area contributed by atoms with Crippen LogP contribution in [-0.2, 0) is 4.79 Å². The molecule has 7 nitrogen and oxygen atoms in total. The highest BCUT2D eigenvalue weighted by Crippen LogP contribution is 2.37. The fourth-order valence-electron chi connectivity index (χ4n) is 4.05. The highest BCUT2D eigenvalue weighted by atomic mass is 19.1. The SMILES string of the molecule is CC[C@@H](NC(=O)c1cnc2ccc(N3CCCC3c3cc(F)ccc3F)cn12)C(=O)O. The first-order valence-corrected chi connectivity index (χ1v) is 10.1. The molecule has 4 rings (SSSR count). The summed E-state index contributed by atoms with van der Waals surface area (Å²) < 4.78 is 29.7. The van der Waals surface area contributed by atoms with E-state index in [9.17, 15) is 23.5 Å². The summed E-state index contributed by atoms with van der Waals surface area (Å²) in [5, 5.41) is 11.7. The van der Waals surface area contributed by atoms with Crippen molar-refractivity contribution in [2.75, 3.05) is 11.4 Å². The van der Waals surface area contributed by atoms with Crippen LogP contribution in [0.15, 0.2) is 42.7 Å². The van der Waals surface area contributed by atoms with Crippen LogP contribution >= 0.6 is 0 Å². The minimum Gasteiger partial charge on any atom is -0.480 e. The minimum absolute atomic E-state index is 0.198. The number of fused-ring (bicyclic) bond motifs is 1. The van der Waals surface area contributed by atoms with Crippen molar-refractivity contribution >= 4 is 23.2 Å². The summed E-state index contributed by atoms with van der Waals surface area (Å²) in [5.74, 6) is -2.60. The number of amides is 1. The first-order valence-electron chi connectivity index (χ1n) is 10.1. The number of imidazole rings is 1. The van der Waals surface area contributed by atoms with E-state index in [1.807, 2.05) is 11.0 Å². The molecular formula is C22H22F2N4O3. The van der Waals surface area contributed by atoms with Gasteiger partial charge in [0.25, 0.3) is 5.91 Å². The molecule has 0 saturated carbocycles. The van der Waals surface area contributed by atoms with E-state index in [0.29, 0.717) is 24.2 Å². The van der Waals surface area contributed by atoms with Gasteiger partial charge in [-0.1, -0.05) is 6.92 Å². The summed E-state index contributed by atoms with van der Waals surface area (Å²) in [5.41, 5.74) is 1.75. The molecule has 1 aromatic carbocycles. The number of carboxylic acids is 1. The summed E-state index contributed by atoms with van der Waals surface area (Å²) in [6.07, 6.45) is 4.84. The Bertz CT molecular complexity index is 1150. The predicted molar refractivity (Wildman–Crippen MR) is 110 cm³/mol. The zero-order valence-corrected chi connectivity index (χ0v) is 16.9. The van der Waals surface area contributed by atoms with Gasteiger partial charge in [-0.3, -0.25) is 9.20 Å². The van der Waals surface area contributed by atoms with Crippen LogP contribution in [0.3, 0.4) is 0 Å². The van der Waals surface area contributed by atoms with Gasteiger partial charge < -0.3 is 15.3 Å². The smallest absolute Gasteiger partial charge is 0.326 e. The molecule has 2 aromatic heterocycles. The van der Waals surface area contributed by atoms with Gasteiger partial charge in [-0.05, 0) is 49.6 Å². The van der Waals surface area contributed by atoms with Crippen LogP contribution in [0.5, 0.6) is 0 Å². The number of aromatic nitrogens is 2. The van der Waals surface area contributed by atoms with Gasteiger partial charge in [0.15, 0.2) is 0 Å². The van der Waals surface area contributed by atoms with Crippen LogP contribution in [0, 0.1) is 11.6 Å². The number of halogens is 2. The minimum atomic E-state index is -1.11. The predicted octanol–water partition coefficient (Wildman–Crippen LogP) is 3.55. The van der Waals surface area contributed by atoms with Crippen molar-refractivity contribution in [1.82, 2.24) is 14.7 Å². The summed E-state index contributed by atoms with van der Waals surface area (Å²) in [4.78, 5) is 30.1. The zero-order chi connectivity index (χ0) is 22.1. The van der Waals surface area contributed by atoms with Crippen LogP contribution < -0.4 is 10.2 Å². The number of anilines is 1. The number of carbonyl (C=O) groups is 2. The number of hydrogen-bond donors (Lipinski definition) is 2. The molecule has 1 aliphatic heterocycles. The maximum atomic E-state index is 14.4. The highest BCUT2D eigenvalue weighted by Gasteiger charge is 2.29. The van der Waals surface area contributed by atoms with Gasteiger partial charge >= 0.3 is 5.97 Å². The van der Waals surface area contributed by atoms with E-state index in [0.717, 1.165) is 24.2 Å². The molecule has 0 radical (unpaired) electrons. The number of carboxylic acid groups (broad SMARTS) is 1. The maximum Gasteiger partial charge on any atom is 0.326 e. The Hall–Kier alpha value is -3.49. The summed E-state index contributed by atoms with van der Waals surface area (Å²) in [7, 11) is 0. The third-order valence-corrected chi connectivity index (χ3v) is 5.64. The first-order chi connectivity index (χ1) is 14.9. The molecule has 1 unspecified atom stereocenters. The molecule has 3 heterocycles. The second-order valence-electron chi connectivity index (χ2n) is 7.55. The van der Waals surface area contributed by atoms with Crippen molar-refractivity contribution < 1.29 is 23.5 Å². The average molecular weight is 428 g/mol. The Morgan fingerprint density at radius 3 is 2.84 bits per heavy atom. The van der Waals surface area contributed by atoms with Crippen molar-refractivity contribution in [1.29, 1.82) is 0 Å². The van der Waals surface area contributed by atoms with Crippen molar-refractivity contribution in [3.8, 4) is 0 Å². The summed E-state index contributed by atoms with van der Waals surface area (Å²) in [6.45, 7) is 2.32. The third-order valence-electron chi connectivity index (χ3n) is 5.64. The number of nitrogens with zero attached hydrogens (tertiary/aromatic N) is 3. The van der Waals surface area contributed by atoms with E-state index in [1.165, 1.54) is 12.3 Å². The number of aliphatic carboxylic acids is 1. The molecule has 1 amide bonds. The van der Waals surface area contributed by atoms with Gasteiger partial charge in [0.1, 0.15) is 29.0 Å². The molecule has 0 bridgehead atoms. The monoisotopic (exact) mass is 428 g/mol. The Morgan fingerprint density at radius 1 is 1.29 bits per heavy atom. The summed E-state index contributed by atoms with van der Waals surface area (Å²) in [6, 6.07) is 5.69. The van der Waals surface area contributed by atoms with Crippen molar-refractivity contribution in [2.45, 2.75) is 38.3 Å². The van der Waals surface area contributed by atoms with Crippen LogP contribution in [0.2, 0.25) is 0 Å². The number of hydrogen-bond acceptors (Lipinski definition) is 4. The topological polar surface area (TPSA) is 86.9 Å². The summed E-state index contributed by atoms with van der Waals surface area (Å²) >= 11 is 0. The second kappa shape index (κ2) is 8.33.